The molecule has 0 unspecified atom stereocenters. The molecule has 1 rings (SSSR count). The summed E-state index contributed by atoms with van der Waals surface area (Å²) in [5.74, 6) is 0.284. The van der Waals surface area contributed by atoms with Gasteiger partial charge in [-0.15, -0.1) is 0 Å². The van der Waals surface area contributed by atoms with Crippen LogP contribution in [0, 0.1) is 5.92 Å². The number of halogens is 1. The van der Waals surface area contributed by atoms with E-state index in [-0.39, 0.29) is 18.1 Å². The van der Waals surface area contributed by atoms with Gasteiger partial charge in [0.2, 0.25) is 0 Å². The Morgan fingerprint density at radius 3 is 2.67 bits per heavy atom. The van der Waals surface area contributed by atoms with Crippen LogP contribution in [0.4, 0.5) is 4.39 Å². The molecule has 0 aromatic heterocycles. The van der Waals surface area contributed by atoms with Gasteiger partial charge in [0.1, 0.15) is 0 Å². The van der Waals surface area contributed by atoms with Crippen molar-refractivity contribution in [1.82, 2.24) is 4.90 Å². The van der Waals surface area contributed by atoms with E-state index in [9.17, 15) is 4.39 Å². The molecule has 12 heavy (non-hydrogen) atoms. The molecule has 72 valence electrons. The Balaban J connectivity index is 2.54. The fourth-order valence-electron chi connectivity index (χ4n) is 2.38. The van der Waals surface area contributed by atoms with Crippen molar-refractivity contribution >= 4 is 0 Å². The normalized spacial score (nSPS) is 37.5. The zero-order chi connectivity index (χ0) is 9.19. The summed E-state index contributed by atoms with van der Waals surface area (Å²) in [4.78, 5) is 2.32. The van der Waals surface area contributed by atoms with Gasteiger partial charge in [-0.3, -0.25) is 4.39 Å². The van der Waals surface area contributed by atoms with Crippen LogP contribution in [0.25, 0.3) is 0 Å². The highest BCUT2D eigenvalue weighted by molar-refractivity contribution is 4.93. The van der Waals surface area contributed by atoms with Crippen molar-refractivity contribution in [1.29, 1.82) is 0 Å². The predicted octanol–water partition coefficient (Wildman–Crippen LogP) is 2.47. The third-order valence-electron chi connectivity index (χ3n) is 3.19. The molecule has 1 fully saturated rings. The van der Waals surface area contributed by atoms with E-state index in [2.05, 4.69) is 25.8 Å². The first kappa shape index (κ1) is 9.97. The number of rotatable bonds is 3. The largest absolute Gasteiger partial charge is 0.301 e. The first-order valence-electron chi connectivity index (χ1n) is 4.89. The van der Waals surface area contributed by atoms with Crippen LogP contribution in [0.5, 0.6) is 0 Å². The third-order valence-corrected chi connectivity index (χ3v) is 3.19. The summed E-state index contributed by atoms with van der Waals surface area (Å²) in [6.07, 6.45) is 3.42. The maximum atomic E-state index is 12.4. The van der Waals surface area contributed by atoms with Crippen LogP contribution < -0.4 is 0 Å². The zero-order valence-corrected chi connectivity index (χ0v) is 8.44. The molecule has 1 aliphatic rings. The molecule has 0 saturated carbocycles. The van der Waals surface area contributed by atoms with Crippen LogP contribution in [0.1, 0.15) is 33.1 Å². The molecular formula is C10H20FN. The second-order valence-electron chi connectivity index (χ2n) is 4.35. The molecular weight excluding hydrogens is 153 g/mol. The molecule has 1 heterocycles. The third kappa shape index (κ3) is 1.79. The molecule has 0 N–H and O–H groups in total. The highest BCUT2D eigenvalue weighted by Crippen LogP contribution is 2.35. The van der Waals surface area contributed by atoms with E-state index < -0.39 is 0 Å². The highest BCUT2D eigenvalue weighted by atomic mass is 19.1. The minimum atomic E-state index is -0.149. The van der Waals surface area contributed by atoms with Gasteiger partial charge in [-0.2, -0.15) is 0 Å². The lowest BCUT2D eigenvalue weighted by Crippen LogP contribution is -2.37. The first-order chi connectivity index (χ1) is 5.62. The van der Waals surface area contributed by atoms with Crippen LogP contribution in [0.15, 0.2) is 0 Å². The van der Waals surface area contributed by atoms with E-state index in [1.807, 2.05) is 0 Å². The Hall–Kier alpha value is -0.110. The number of alkyl halides is 1. The van der Waals surface area contributed by atoms with Gasteiger partial charge in [0, 0.05) is 18.0 Å². The van der Waals surface area contributed by atoms with E-state index in [0.29, 0.717) is 0 Å². The Labute approximate surface area is 74.9 Å². The highest BCUT2D eigenvalue weighted by Gasteiger charge is 2.38. The standard InChI is InChI=1S/C10H20FN/c1-4-5-10(2)6-9(7-11)8-12(10)3/h9H,4-8H2,1-3H3/t9-,10-/m1/s1. The summed E-state index contributed by atoms with van der Waals surface area (Å²) in [5.41, 5.74) is 0.269. The summed E-state index contributed by atoms with van der Waals surface area (Å²) < 4.78 is 12.4. The number of hydrogen-bond acceptors (Lipinski definition) is 1. The van der Waals surface area contributed by atoms with Crippen molar-refractivity contribution < 1.29 is 4.39 Å². The van der Waals surface area contributed by atoms with Gasteiger partial charge >= 0.3 is 0 Å². The molecule has 0 bridgehead atoms. The Kier molecular flexibility index (Phi) is 3.10. The van der Waals surface area contributed by atoms with E-state index in [1.54, 1.807) is 0 Å². The molecule has 2 atom stereocenters. The predicted molar refractivity (Wildman–Crippen MR) is 50.0 cm³/mol. The van der Waals surface area contributed by atoms with E-state index in [1.165, 1.54) is 12.8 Å². The van der Waals surface area contributed by atoms with Crippen molar-refractivity contribution in [2.24, 2.45) is 5.92 Å². The van der Waals surface area contributed by atoms with Crippen molar-refractivity contribution in [2.75, 3.05) is 20.3 Å². The van der Waals surface area contributed by atoms with Crippen LogP contribution in [-0.4, -0.2) is 30.7 Å². The molecule has 0 aliphatic carbocycles. The SMILES string of the molecule is CCC[C@]1(C)C[C@H](CF)CN1C. The molecule has 1 nitrogen and oxygen atoms in total. The summed E-state index contributed by atoms with van der Waals surface area (Å²) in [6, 6.07) is 0. The van der Waals surface area contributed by atoms with Crippen LogP contribution in [0.2, 0.25) is 0 Å². The minimum Gasteiger partial charge on any atom is -0.301 e. The number of nitrogens with zero attached hydrogens (tertiary/aromatic N) is 1. The summed E-state index contributed by atoms with van der Waals surface area (Å²) in [5, 5.41) is 0. The molecule has 0 amide bonds. The molecule has 2 heteroatoms. The van der Waals surface area contributed by atoms with Gasteiger partial charge in [0.05, 0.1) is 6.67 Å². The zero-order valence-electron chi connectivity index (χ0n) is 8.44. The number of likely N-dealkylation sites (tertiary alicyclic amines) is 1. The summed E-state index contributed by atoms with van der Waals surface area (Å²) in [6.45, 7) is 5.24. The molecule has 1 saturated heterocycles. The average molecular weight is 173 g/mol. The Bertz CT molecular complexity index is 149. The summed E-state index contributed by atoms with van der Waals surface area (Å²) in [7, 11) is 2.12. The second kappa shape index (κ2) is 3.73. The van der Waals surface area contributed by atoms with E-state index in [0.717, 1.165) is 13.0 Å². The van der Waals surface area contributed by atoms with Gasteiger partial charge in [-0.1, -0.05) is 13.3 Å². The molecule has 1 aliphatic heterocycles. The Morgan fingerprint density at radius 1 is 1.58 bits per heavy atom. The van der Waals surface area contributed by atoms with Gasteiger partial charge < -0.3 is 4.90 Å². The fraction of sp³-hybridized carbons (Fsp3) is 1.00. The Morgan fingerprint density at radius 2 is 2.25 bits per heavy atom. The molecule has 0 radical (unpaired) electrons. The molecule has 0 aromatic rings. The lowest BCUT2D eigenvalue weighted by Gasteiger charge is -2.31. The van der Waals surface area contributed by atoms with E-state index in [4.69, 9.17) is 0 Å². The van der Waals surface area contributed by atoms with Gasteiger partial charge in [-0.05, 0) is 26.8 Å². The van der Waals surface area contributed by atoms with Gasteiger partial charge in [0.15, 0.2) is 0 Å². The maximum Gasteiger partial charge on any atom is 0.0935 e. The van der Waals surface area contributed by atoms with Crippen molar-refractivity contribution in [3.05, 3.63) is 0 Å². The minimum absolute atomic E-state index is 0.149. The van der Waals surface area contributed by atoms with Crippen molar-refractivity contribution in [3.8, 4) is 0 Å². The lowest BCUT2D eigenvalue weighted by atomic mass is 9.90. The second-order valence-corrected chi connectivity index (χ2v) is 4.35. The van der Waals surface area contributed by atoms with Crippen LogP contribution in [0.3, 0.4) is 0 Å². The fourth-order valence-corrected chi connectivity index (χ4v) is 2.38. The molecule has 0 aromatic carbocycles. The quantitative estimate of drug-likeness (QED) is 0.633. The van der Waals surface area contributed by atoms with E-state index >= 15 is 0 Å². The van der Waals surface area contributed by atoms with Gasteiger partial charge in [0.25, 0.3) is 0 Å². The molecule has 0 spiro atoms. The topological polar surface area (TPSA) is 3.24 Å². The smallest absolute Gasteiger partial charge is 0.0935 e. The van der Waals surface area contributed by atoms with Crippen molar-refractivity contribution in [3.63, 3.8) is 0 Å². The number of hydrogen-bond donors (Lipinski definition) is 0. The van der Waals surface area contributed by atoms with Gasteiger partial charge in [-0.25, -0.2) is 0 Å². The maximum absolute atomic E-state index is 12.4. The average Bonchev–Trinajstić information content (AvgIpc) is 2.29. The lowest BCUT2D eigenvalue weighted by molar-refractivity contribution is 0.181. The van der Waals surface area contributed by atoms with Crippen LogP contribution >= 0.6 is 0 Å². The van der Waals surface area contributed by atoms with Crippen molar-refractivity contribution in [2.45, 2.75) is 38.6 Å². The monoisotopic (exact) mass is 173 g/mol. The summed E-state index contributed by atoms with van der Waals surface area (Å²) >= 11 is 0. The van der Waals surface area contributed by atoms with Crippen LogP contribution in [-0.2, 0) is 0 Å². The first-order valence-corrected chi connectivity index (χ1v) is 4.89.